The van der Waals surface area contributed by atoms with Crippen LogP contribution in [-0.2, 0) is 9.59 Å². The highest BCUT2D eigenvalue weighted by atomic mass is 16.2. The maximum absolute atomic E-state index is 12.1. The lowest BCUT2D eigenvalue weighted by Gasteiger charge is -2.34. The van der Waals surface area contributed by atoms with Crippen molar-refractivity contribution in [3.63, 3.8) is 0 Å². The van der Waals surface area contributed by atoms with Gasteiger partial charge in [-0.3, -0.25) is 14.5 Å². The van der Waals surface area contributed by atoms with E-state index in [2.05, 4.69) is 18.1 Å². The molecular weight excluding hydrogens is 242 g/mol. The van der Waals surface area contributed by atoms with Crippen LogP contribution < -0.4 is 0 Å². The van der Waals surface area contributed by atoms with E-state index in [1.165, 1.54) is 0 Å². The van der Waals surface area contributed by atoms with Crippen LogP contribution in [0.15, 0.2) is 25.3 Å². The van der Waals surface area contributed by atoms with Crippen LogP contribution in [0.25, 0.3) is 0 Å². The summed E-state index contributed by atoms with van der Waals surface area (Å²) in [6, 6.07) is 0. The third-order valence-electron chi connectivity index (χ3n) is 3.23. The molecule has 0 bridgehead atoms. The Hall–Kier alpha value is -1.62. The van der Waals surface area contributed by atoms with Crippen molar-refractivity contribution in [1.82, 2.24) is 14.7 Å². The second-order valence-corrected chi connectivity index (χ2v) is 4.66. The molecule has 0 aromatic carbocycles. The number of carbonyl (C=O) groups is 2. The average Bonchev–Trinajstić information content (AvgIpc) is 2.39. The molecule has 1 heterocycles. The molecule has 1 saturated heterocycles. The highest BCUT2D eigenvalue weighted by Crippen LogP contribution is 2.03. The molecule has 0 unspecified atom stereocenters. The van der Waals surface area contributed by atoms with Gasteiger partial charge < -0.3 is 9.80 Å². The summed E-state index contributed by atoms with van der Waals surface area (Å²) in [4.78, 5) is 28.9. The quantitative estimate of drug-likeness (QED) is 0.651. The Morgan fingerprint density at radius 2 is 1.63 bits per heavy atom. The van der Waals surface area contributed by atoms with Crippen LogP contribution >= 0.6 is 0 Å². The molecule has 0 aromatic rings. The van der Waals surface area contributed by atoms with Gasteiger partial charge in [0.1, 0.15) is 0 Å². The first-order chi connectivity index (χ1) is 9.08. The summed E-state index contributed by atoms with van der Waals surface area (Å²) in [6.45, 7) is 13.3. The molecule has 0 aromatic heterocycles. The SMILES string of the molecule is C=CCN(CC=C)C(=O)CN1CCN(C(C)=O)CC1. The van der Waals surface area contributed by atoms with Crippen molar-refractivity contribution >= 4 is 11.8 Å². The number of nitrogens with zero attached hydrogens (tertiary/aromatic N) is 3. The number of rotatable bonds is 6. The molecule has 1 aliphatic rings. The van der Waals surface area contributed by atoms with E-state index in [9.17, 15) is 9.59 Å². The van der Waals surface area contributed by atoms with Crippen molar-refractivity contribution in [1.29, 1.82) is 0 Å². The largest absolute Gasteiger partial charge is 0.340 e. The average molecular weight is 265 g/mol. The molecule has 106 valence electrons. The lowest BCUT2D eigenvalue weighted by molar-refractivity contribution is -0.133. The minimum absolute atomic E-state index is 0.0797. The van der Waals surface area contributed by atoms with E-state index >= 15 is 0 Å². The number of hydrogen-bond acceptors (Lipinski definition) is 3. The predicted octanol–water partition coefficient (Wildman–Crippen LogP) is 0.351. The summed E-state index contributed by atoms with van der Waals surface area (Å²) in [5.41, 5.74) is 0. The van der Waals surface area contributed by atoms with Crippen LogP contribution in [0.4, 0.5) is 0 Å². The highest BCUT2D eigenvalue weighted by Gasteiger charge is 2.21. The minimum Gasteiger partial charge on any atom is -0.340 e. The normalized spacial score (nSPS) is 15.9. The van der Waals surface area contributed by atoms with Crippen LogP contribution in [-0.4, -0.2) is 72.3 Å². The third kappa shape index (κ3) is 4.87. The first-order valence-corrected chi connectivity index (χ1v) is 6.56. The molecule has 5 heteroatoms. The Balaban J connectivity index is 2.42. The minimum atomic E-state index is 0.0797. The first-order valence-electron chi connectivity index (χ1n) is 6.56. The molecular formula is C14H23N3O2. The van der Waals surface area contributed by atoms with Crippen molar-refractivity contribution in [2.45, 2.75) is 6.92 Å². The lowest BCUT2D eigenvalue weighted by Crippen LogP contribution is -2.51. The maximum Gasteiger partial charge on any atom is 0.237 e. The van der Waals surface area contributed by atoms with Crippen LogP contribution in [0, 0.1) is 0 Å². The van der Waals surface area contributed by atoms with E-state index in [1.54, 1.807) is 24.0 Å². The van der Waals surface area contributed by atoms with Gasteiger partial charge >= 0.3 is 0 Å². The Morgan fingerprint density at radius 3 is 2.05 bits per heavy atom. The van der Waals surface area contributed by atoms with Crippen LogP contribution in [0.2, 0.25) is 0 Å². The fourth-order valence-corrected chi connectivity index (χ4v) is 2.10. The van der Waals surface area contributed by atoms with Gasteiger partial charge in [-0.1, -0.05) is 12.2 Å². The molecule has 0 N–H and O–H groups in total. The summed E-state index contributed by atoms with van der Waals surface area (Å²) in [5, 5.41) is 0. The first kappa shape index (κ1) is 15.4. The van der Waals surface area contributed by atoms with Gasteiger partial charge in [-0.15, -0.1) is 13.2 Å². The van der Waals surface area contributed by atoms with Gasteiger partial charge in [0.15, 0.2) is 0 Å². The molecule has 0 aliphatic carbocycles. The zero-order valence-corrected chi connectivity index (χ0v) is 11.7. The smallest absolute Gasteiger partial charge is 0.237 e. The summed E-state index contributed by atoms with van der Waals surface area (Å²) in [7, 11) is 0. The molecule has 1 rings (SSSR count). The molecule has 19 heavy (non-hydrogen) atoms. The summed E-state index contributed by atoms with van der Waals surface area (Å²) in [5.74, 6) is 0.182. The second-order valence-electron chi connectivity index (χ2n) is 4.66. The third-order valence-corrected chi connectivity index (χ3v) is 3.23. The topological polar surface area (TPSA) is 43.9 Å². The Kier molecular flexibility index (Phi) is 6.29. The summed E-state index contributed by atoms with van der Waals surface area (Å²) < 4.78 is 0. The summed E-state index contributed by atoms with van der Waals surface area (Å²) >= 11 is 0. The van der Waals surface area contributed by atoms with Gasteiger partial charge in [-0.2, -0.15) is 0 Å². The van der Waals surface area contributed by atoms with Crippen molar-refractivity contribution in [3.05, 3.63) is 25.3 Å². The van der Waals surface area contributed by atoms with Gasteiger partial charge in [0.25, 0.3) is 0 Å². The Bertz CT molecular complexity index is 337. The summed E-state index contributed by atoms with van der Waals surface area (Å²) in [6.07, 6.45) is 3.43. The molecule has 1 aliphatic heterocycles. The number of hydrogen-bond donors (Lipinski definition) is 0. The highest BCUT2D eigenvalue weighted by molar-refractivity contribution is 5.78. The van der Waals surface area contributed by atoms with Gasteiger partial charge in [0.05, 0.1) is 6.54 Å². The van der Waals surface area contributed by atoms with E-state index in [0.717, 1.165) is 13.1 Å². The number of amides is 2. The second kappa shape index (κ2) is 7.74. The molecule has 0 spiro atoms. The van der Waals surface area contributed by atoms with E-state index in [4.69, 9.17) is 0 Å². The predicted molar refractivity (Wildman–Crippen MR) is 75.7 cm³/mol. The van der Waals surface area contributed by atoms with Gasteiger partial charge in [-0.05, 0) is 0 Å². The van der Waals surface area contributed by atoms with Crippen LogP contribution in [0.3, 0.4) is 0 Å². The van der Waals surface area contributed by atoms with Gasteiger partial charge in [-0.25, -0.2) is 0 Å². The zero-order chi connectivity index (χ0) is 14.3. The van der Waals surface area contributed by atoms with Gasteiger partial charge in [0.2, 0.25) is 11.8 Å². The van der Waals surface area contributed by atoms with Crippen LogP contribution in [0.1, 0.15) is 6.92 Å². The Labute approximate surface area is 115 Å². The molecule has 0 radical (unpaired) electrons. The molecule has 0 saturated carbocycles. The van der Waals surface area contributed by atoms with Crippen molar-refractivity contribution in [2.24, 2.45) is 0 Å². The maximum atomic E-state index is 12.1. The van der Waals surface area contributed by atoms with Crippen molar-refractivity contribution in [3.8, 4) is 0 Å². The van der Waals surface area contributed by atoms with Gasteiger partial charge in [0, 0.05) is 46.2 Å². The molecule has 1 fully saturated rings. The molecule has 2 amide bonds. The van der Waals surface area contributed by atoms with E-state index in [1.807, 2.05) is 4.90 Å². The fourth-order valence-electron chi connectivity index (χ4n) is 2.10. The Morgan fingerprint density at radius 1 is 1.11 bits per heavy atom. The number of piperazine rings is 1. The lowest BCUT2D eigenvalue weighted by atomic mass is 10.3. The molecule has 5 nitrogen and oxygen atoms in total. The van der Waals surface area contributed by atoms with E-state index < -0.39 is 0 Å². The zero-order valence-electron chi connectivity index (χ0n) is 11.7. The standard InChI is InChI=1S/C14H23N3O2/c1-4-6-17(7-5-2)14(19)12-15-8-10-16(11-9-15)13(3)18/h4-5H,1-2,6-12H2,3H3. The van der Waals surface area contributed by atoms with Crippen LogP contribution in [0.5, 0.6) is 0 Å². The fraction of sp³-hybridized carbons (Fsp3) is 0.571. The van der Waals surface area contributed by atoms with E-state index in [0.29, 0.717) is 32.7 Å². The van der Waals surface area contributed by atoms with Crippen molar-refractivity contribution in [2.75, 3.05) is 45.8 Å². The monoisotopic (exact) mass is 265 g/mol. The van der Waals surface area contributed by atoms with E-state index in [-0.39, 0.29) is 11.8 Å². The van der Waals surface area contributed by atoms with Crippen molar-refractivity contribution < 1.29 is 9.59 Å². The molecule has 0 atom stereocenters. The number of carbonyl (C=O) groups excluding carboxylic acids is 2.